The van der Waals surface area contributed by atoms with Gasteiger partial charge in [0, 0.05) is 5.79 Å². The van der Waals surface area contributed by atoms with Gasteiger partial charge in [-0.1, -0.05) is 53.4 Å². The molecule has 0 atom stereocenters. The summed E-state index contributed by atoms with van der Waals surface area (Å²) in [5, 5.41) is 0. The maximum Gasteiger partial charge on any atom is 0.0823 e. The van der Waals surface area contributed by atoms with E-state index >= 15 is 0 Å². The largest absolute Gasteiger partial charge is 0.291 e. The molecule has 0 bridgehead atoms. The van der Waals surface area contributed by atoms with Crippen LogP contribution in [0.4, 0.5) is 0 Å². The molecule has 0 unspecified atom stereocenters. The first-order valence-electron chi connectivity index (χ1n) is 9.83. The third kappa shape index (κ3) is 9.81. The lowest BCUT2D eigenvalue weighted by atomic mass is 10.2. The first-order chi connectivity index (χ1) is 10.7. The fraction of sp³-hybridized carbons (Fsp3) is 0.895. The van der Waals surface area contributed by atoms with Crippen molar-refractivity contribution >= 4 is 9.52 Å². The quantitative estimate of drug-likeness (QED) is 0.307. The molecule has 0 aromatic rings. The summed E-state index contributed by atoms with van der Waals surface area (Å²) in [4.78, 5) is 5.60. The summed E-state index contributed by atoms with van der Waals surface area (Å²) in [7, 11) is -0.255. The fourth-order valence-corrected chi connectivity index (χ4v) is 4.57. The highest BCUT2D eigenvalue weighted by atomic mass is 28.2. The third-order valence-electron chi connectivity index (χ3n) is 4.42. The molecule has 0 rings (SSSR count). The Morgan fingerprint density at radius 2 is 1.05 bits per heavy atom. The van der Waals surface area contributed by atoms with Crippen LogP contribution >= 0.6 is 0 Å². The molecule has 0 aliphatic heterocycles. The second-order valence-electron chi connectivity index (χ2n) is 6.49. The van der Waals surface area contributed by atoms with Crippen LogP contribution in [0.5, 0.6) is 0 Å². The Labute approximate surface area is 143 Å². The molecular formula is C19H42N2Si. The highest BCUT2D eigenvalue weighted by Gasteiger charge is 2.23. The van der Waals surface area contributed by atoms with Crippen LogP contribution in [-0.4, -0.2) is 51.3 Å². The number of rotatable bonds is 16. The lowest BCUT2D eigenvalue weighted by Crippen LogP contribution is -2.53. The van der Waals surface area contributed by atoms with Crippen molar-refractivity contribution in [3.05, 3.63) is 12.3 Å². The minimum absolute atomic E-state index is 0.255. The minimum Gasteiger partial charge on any atom is -0.291 e. The van der Waals surface area contributed by atoms with Crippen LogP contribution in [-0.2, 0) is 0 Å². The Bertz CT molecular complexity index is 210. The van der Waals surface area contributed by atoms with E-state index in [1.807, 2.05) is 0 Å². The van der Waals surface area contributed by atoms with Crippen molar-refractivity contribution in [2.24, 2.45) is 0 Å². The van der Waals surface area contributed by atoms with E-state index < -0.39 is 0 Å². The van der Waals surface area contributed by atoms with Gasteiger partial charge in [-0.2, -0.15) is 0 Å². The van der Waals surface area contributed by atoms with E-state index in [0.717, 1.165) is 0 Å². The lowest BCUT2D eigenvalue weighted by molar-refractivity contribution is 0.0910. The van der Waals surface area contributed by atoms with Crippen molar-refractivity contribution in [3.63, 3.8) is 0 Å². The fourth-order valence-electron chi connectivity index (χ4n) is 2.94. The van der Waals surface area contributed by atoms with E-state index in [2.05, 4.69) is 49.8 Å². The molecule has 0 radical (unpaired) electrons. The number of nitrogens with zero attached hydrogens (tertiary/aromatic N) is 2. The van der Waals surface area contributed by atoms with Crippen molar-refractivity contribution < 1.29 is 0 Å². The highest BCUT2D eigenvalue weighted by Crippen LogP contribution is 2.12. The minimum atomic E-state index is -0.255. The van der Waals surface area contributed by atoms with E-state index in [1.165, 1.54) is 77.5 Å². The number of unbranched alkanes of at least 4 members (excludes halogenated alkanes) is 4. The van der Waals surface area contributed by atoms with Gasteiger partial charge < -0.3 is 0 Å². The second kappa shape index (κ2) is 15.8. The normalized spacial score (nSPS) is 12.3. The first kappa shape index (κ1) is 21.9. The van der Waals surface area contributed by atoms with E-state index in [0.29, 0.717) is 5.79 Å². The summed E-state index contributed by atoms with van der Waals surface area (Å²) in [6.45, 7) is 18.4. The van der Waals surface area contributed by atoms with Gasteiger partial charge in [0.25, 0.3) is 0 Å². The second-order valence-corrected chi connectivity index (χ2v) is 8.27. The third-order valence-corrected chi connectivity index (χ3v) is 6.20. The average molecular weight is 327 g/mol. The maximum atomic E-state index is 4.09. The van der Waals surface area contributed by atoms with Crippen LogP contribution in [0.2, 0.25) is 0 Å². The molecule has 132 valence electrons. The van der Waals surface area contributed by atoms with Crippen LogP contribution in [0.1, 0.15) is 79.1 Å². The number of hydrogen-bond donors (Lipinski definition) is 0. The van der Waals surface area contributed by atoms with Gasteiger partial charge in [-0.3, -0.25) is 9.80 Å². The Kier molecular flexibility index (Phi) is 15.7. The lowest BCUT2D eigenvalue weighted by Gasteiger charge is -2.40. The molecule has 0 heterocycles. The summed E-state index contributed by atoms with van der Waals surface area (Å²) >= 11 is 0. The molecule has 22 heavy (non-hydrogen) atoms. The zero-order chi connectivity index (χ0) is 16.6. The molecule has 0 amide bonds. The van der Waals surface area contributed by atoms with E-state index in [-0.39, 0.29) is 9.52 Å². The predicted octanol–water partition coefficient (Wildman–Crippen LogP) is 4.39. The topological polar surface area (TPSA) is 6.48 Å². The molecule has 0 saturated heterocycles. The van der Waals surface area contributed by atoms with E-state index in [1.54, 1.807) is 0 Å². The van der Waals surface area contributed by atoms with Gasteiger partial charge in [0.15, 0.2) is 0 Å². The van der Waals surface area contributed by atoms with Crippen molar-refractivity contribution in [2.75, 3.05) is 26.2 Å². The SMILES string of the molecule is C=C[SiH2]C(N(CCCC)CCCC)N(CCCC)CCCC. The predicted molar refractivity (Wildman–Crippen MR) is 105 cm³/mol. The molecule has 0 aromatic carbocycles. The van der Waals surface area contributed by atoms with Crippen LogP contribution in [0.25, 0.3) is 0 Å². The van der Waals surface area contributed by atoms with E-state index in [4.69, 9.17) is 0 Å². The Hall–Kier alpha value is -0.123. The Balaban J connectivity index is 4.92. The molecule has 0 fully saturated rings. The van der Waals surface area contributed by atoms with Gasteiger partial charge in [-0.25, -0.2) is 0 Å². The summed E-state index contributed by atoms with van der Waals surface area (Å²) in [5.41, 5.74) is 2.26. The van der Waals surface area contributed by atoms with Crippen LogP contribution in [0, 0.1) is 0 Å². The molecule has 0 aromatic heterocycles. The Morgan fingerprint density at radius 1 is 0.727 bits per heavy atom. The summed E-state index contributed by atoms with van der Waals surface area (Å²) < 4.78 is 0. The summed E-state index contributed by atoms with van der Waals surface area (Å²) in [5.74, 6) is 0.702. The van der Waals surface area contributed by atoms with Crippen molar-refractivity contribution in [1.82, 2.24) is 9.80 Å². The zero-order valence-corrected chi connectivity index (χ0v) is 17.4. The van der Waals surface area contributed by atoms with Crippen LogP contribution < -0.4 is 0 Å². The monoisotopic (exact) mass is 326 g/mol. The molecule has 0 saturated carbocycles. The van der Waals surface area contributed by atoms with Crippen molar-refractivity contribution in [3.8, 4) is 0 Å². The van der Waals surface area contributed by atoms with Gasteiger partial charge in [-0.05, 0) is 51.9 Å². The van der Waals surface area contributed by atoms with Crippen LogP contribution in [0.3, 0.4) is 0 Å². The summed E-state index contributed by atoms with van der Waals surface area (Å²) in [6.07, 6.45) is 10.5. The molecule has 2 nitrogen and oxygen atoms in total. The number of hydrogen-bond acceptors (Lipinski definition) is 2. The van der Waals surface area contributed by atoms with Crippen LogP contribution in [0.15, 0.2) is 12.3 Å². The zero-order valence-electron chi connectivity index (χ0n) is 15.9. The molecule has 0 N–H and O–H groups in total. The molecule has 3 heteroatoms. The van der Waals surface area contributed by atoms with Crippen molar-refractivity contribution in [2.45, 2.75) is 84.9 Å². The summed E-state index contributed by atoms with van der Waals surface area (Å²) in [6, 6.07) is 0. The highest BCUT2D eigenvalue weighted by molar-refractivity contribution is 6.43. The van der Waals surface area contributed by atoms with Gasteiger partial charge in [0.05, 0.1) is 9.52 Å². The van der Waals surface area contributed by atoms with Crippen molar-refractivity contribution in [1.29, 1.82) is 0 Å². The van der Waals surface area contributed by atoms with Gasteiger partial charge in [0.2, 0.25) is 0 Å². The smallest absolute Gasteiger partial charge is 0.0823 e. The maximum absolute atomic E-state index is 4.09. The molecule has 0 spiro atoms. The van der Waals surface area contributed by atoms with Gasteiger partial charge in [-0.15, -0.1) is 12.3 Å². The standard InChI is InChI=1S/C19H42N2Si/c1-6-11-15-20(16-12-7-2)19(22-10-5)21(17-13-8-3)18-14-9-4/h10,19H,5-9,11-18,22H2,1-4H3. The Morgan fingerprint density at radius 3 is 1.27 bits per heavy atom. The first-order valence-corrected chi connectivity index (χ1v) is 11.5. The van der Waals surface area contributed by atoms with E-state index in [9.17, 15) is 0 Å². The molecule has 0 aliphatic rings. The average Bonchev–Trinajstić information content (AvgIpc) is 2.54. The van der Waals surface area contributed by atoms with Gasteiger partial charge >= 0.3 is 0 Å². The molecular weight excluding hydrogens is 284 g/mol. The van der Waals surface area contributed by atoms with Gasteiger partial charge in [0.1, 0.15) is 0 Å². The molecule has 0 aliphatic carbocycles.